The SMILES string of the molecule is COc1cc([C@H](N)CC#N)cc(OC)c1OC.Cl. The second-order valence-electron chi connectivity index (χ2n) is 3.43. The number of nitriles is 1. The van der Waals surface area contributed by atoms with Crippen molar-refractivity contribution in [1.82, 2.24) is 0 Å². The lowest BCUT2D eigenvalue weighted by Crippen LogP contribution is -2.10. The molecule has 0 aliphatic rings. The first kappa shape index (κ1) is 16.4. The van der Waals surface area contributed by atoms with E-state index < -0.39 is 0 Å². The topological polar surface area (TPSA) is 77.5 Å². The fourth-order valence-electron chi connectivity index (χ4n) is 1.53. The Labute approximate surface area is 113 Å². The first-order chi connectivity index (χ1) is 8.17. The van der Waals surface area contributed by atoms with Gasteiger partial charge < -0.3 is 19.9 Å². The van der Waals surface area contributed by atoms with E-state index in [-0.39, 0.29) is 24.9 Å². The van der Waals surface area contributed by atoms with Crippen LogP contribution < -0.4 is 19.9 Å². The third-order valence-corrected chi connectivity index (χ3v) is 2.43. The van der Waals surface area contributed by atoms with Gasteiger partial charge in [-0.15, -0.1) is 12.4 Å². The fourth-order valence-corrected chi connectivity index (χ4v) is 1.53. The lowest BCUT2D eigenvalue weighted by Gasteiger charge is -2.16. The predicted molar refractivity (Wildman–Crippen MR) is 70.5 cm³/mol. The van der Waals surface area contributed by atoms with E-state index in [9.17, 15) is 0 Å². The average Bonchev–Trinajstić information content (AvgIpc) is 2.37. The van der Waals surface area contributed by atoms with E-state index in [2.05, 4.69) is 0 Å². The van der Waals surface area contributed by atoms with Crippen molar-refractivity contribution in [3.05, 3.63) is 17.7 Å². The second-order valence-corrected chi connectivity index (χ2v) is 3.43. The number of nitrogens with two attached hydrogens (primary N) is 1. The molecule has 1 atom stereocenters. The summed E-state index contributed by atoms with van der Waals surface area (Å²) in [6.07, 6.45) is 0.235. The maximum Gasteiger partial charge on any atom is 0.203 e. The minimum absolute atomic E-state index is 0. The highest BCUT2D eigenvalue weighted by Gasteiger charge is 2.16. The van der Waals surface area contributed by atoms with Crippen molar-refractivity contribution in [2.45, 2.75) is 12.5 Å². The number of nitrogens with zero attached hydrogens (tertiary/aromatic N) is 1. The molecule has 100 valence electrons. The molecule has 0 heterocycles. The van der Waals surface area contributed by atoms with Crippen molar-refractivity contribution in [2.75, 3.05) is 21.3 Å². The normalized spacial score (nSPS) is 10.8. The molecule has 0 radical (unpaired) electrons. The van der Waals surface area contributed by atoms with E-state index in [0.29, 0.717) is 17.2 Å². The van der Waals surface area contributed by atoms with Gasteiger partial charge in [0, 0.05) is 6.04 Å². The van der Waals surface area contributed by atoms with Crippen LogP contribution in [0.3, 0.4) is 0 Å². The number of rotatable bonds is 5. The maximum atomic E-state index is 8.63. The van der Waals surface area contributed by atoms with Gasteiger partial charge in [-0.3, -0.25) is 0 Å². The fraction of sp³-hybridized carbons (Fsp3) is 0.417. The zero-order valence-electron chi connectivity index (χ0n) is 10.6. The smallest absolute Gasteiger partial charge is 0.203 e. The number of hydrogen-bond acceptors (Lipinski definition) is 5. The van der Waals surface area contributed by atoms with E-state index in [1.165, 1.54) is 21.3 Å². The summed E-state index contributed by atoms with van der Waals surface area (Å²) in [4.78, 5) is 0. The van der Waals surface area contributed by atoms with Crippen LogP contribution >= 0.6 is 12.4 Å². The number of methoxy groups -OCH3 is 3. The third kappa shape index (κ3) is 3.42. The molecule has 2 N–H and O–H groups in total. The van der Waals surface area contributed by atoms with Crippen LogP contribution in [0.4, 0.5) is 0 Å². The lowest BCUT2D eigenvalue weighted by molar-refractivity contribution is 0.323. The van der Waals surface area contributed by atoms with Gasteiger partial charge >= 0.3 is 0 Å². The molecule has 1 aromatic rings. The molecule has 0 fully saturated rings. The molecule has 0 aliphatic carbocycles. The Bertz CT molecular complexity index is 407. The first-order valence-electron chi connectivity index (χ1n) is 5.10. The summed E-state index contributed by atoms with van der Waals surface area (Å²) < 4.78 is 15.6. The number of benzene rings is 1. The first-order valence-corrected chi connectivity index (χ1v) is 5.10. The quantitative estimate of drug-likeness (QED) is 0.888. The van der Waals surface area contributed by atoms with Gasteiger partial charge in [-0.1, -0.05) is 0 Å². The molecular weight excluding hydrogens is 256 g/mol. The second kappa shape index (κ2) is 7.64. The molecule has 1 aromatic carbocycles. The summed E-state index contributed by atoms with van der Waals surface area (Å²) in [5.74, 6) is 1.59. The molecular formula is C12H17ClN2O3. The summed E-state index contributed by atoms with van der Waals surface area (Å²) >= 11 is 0. The number of hydrogen-bond donors (Lipinski definition) is 1. The van der Waals surface area contributed by atoms with Crippen LogP contribution in [0.1, 0.15) is 18.0 Å². The summed E-state index contributed by atoms with van der Waals surface area (Å²) in [5, 5.41) is 8.63. The van der Waals surface area contributed by atoms with Gasteiger partial charge in [-0.25, -0.2) is 0 Å². The zero-order valence-corrected chi connectivity index (χ0v) is 11.4. The Hall–Kier alpha value is -1.64. The predicted octanol–water partition coefficient (Wildman–Crippen LogP) is 2.05. The minimum atomic E-state index is -0.367. The molecule has 0 spiro atoms. The number of halogens is 1. The summed E-state index contributed by atoms with van der Waals surface area (Å²) in [6.45, 7) is 0. The van der Waals surface area contributed by atoms with Gasteiger partial charge in [0.15, 0.2) is 11.5 Å². The lowest BCUT2D eigenvalue weighted by atomic mass is 10.0. The van der Waals surface area contributed by atoms with Gasteiger partial charge in [-0.05, 0) is 17.7 Å². The molecule has 0 unspecified atom stereocenters. The molecule has 0 aromatic heterocycles. The van der Waals surface area contributed by atoms with Gasteiger partial charge in [0.25, 0.3) is 0 Å². The third-order valence-electron chi connectivity index (χ3n) is 2.43. The van der Waals surface area contributed by atoms with E-state index in [4.69, 9.17) is 25.2 Å². The van der Waals surface area contributed by atoms with Crippen LogP contribution in [-0.4, -0.2) is 21.3 Å². The zero-order chi connectivity index (χ0) is 12.8. The van der Waals surface area contributed by atoms with E-state index in [1.807, 2.05) is 6.07 Å². The van der Waals surface area contributed by atoms with Gasteiger partial charge in [0.2, 0.25) is 5.75 Å². The van der Waals surface area contributed by atoms with E-state index >= 15 is 0 Å². The Morgan fingerprint density at radius 1 is 1.17 bits per heavy atom. The van der Waals surface area contributed by atoms with Crippen molar-refractivity contribution in [3.8, 4) is 23.3 Å². The van der Waals surface area contributed by atoms with Gasteiger partial charge in [0.05, 0.1) is 33.8 Å². The summed E-state index contributed by atoms with van der Waals surface area (Å²) in [6, 6.07) is 5.17. The largest absolute Gasteiger partial charge is 0.493 e. The molecule has 0 amide bonds. The van der Waals surface area contributed by atoms with Gasteiger partial charge in [0.1, 0.15) is 0 Å². The highest BCUT2D eigenvalue weighted by atomic mass is 35.5. The molecule has 0 bridgehead atoms. The van der Waals surface area contributed by atoms with E-state index in [1.54, 1.807) is 12.1 Å². The molecule has 18 heavy (non-hydrogen) atoms. The summed E-state index contributed by atoms with van der Waals surface area (Å²) in [7, 11) is 4.61. The Morgan fingerprint density at radius 3 is 2.00 bits per heavy atom. The molecule has 0 aliphatic heterocycles. The maximum absolute atomic E-state index is 8.63. The standard InChI is InChI=1S/C12H16N2O3.ClH/c1-15-10-6-8(9(14)4-5-13)7-11(16-2)12(10)17-3;/h6-7,9H,4,14H2,1-3H3;1H/t9-;/m1./s1. The minimum Gasteiger partial charge on any atom is -0.493 e. The van der Waals surface area contributed by atoms with Crippen LogP contribution in [0.25, 0.3) is 0 Å². The summed E-state index contributed by atoms with van der Waals surface area (Å²) in [5.41, 5.74) is 6.65. The Morgan fingerprint density at radius 2 is 1.67 bits per heavy atom. The highest BCUT2D eigenvalue weighted by molar-refractivity contribution is 5.85. The van der Waals surface area contributed by atoms with Crippen LogP contribution in [0.5, 0.6) is 17.2 Å². The molecule has 1 rings (SSSR count). The van der Waals surface area contributed by atoms with Crippen molar-refractivity contribution in [1.29, 1.82) is 5.26 Å². The van der Waals surface area contributed by atoms with Crippen molar-refractivity contribution < 1.29 is 14.2 Å². The molecule has 0 saturated heterocycles. The van der Waals surface area contributed by atoms with Gasteiger partial charge in [-0.2, -0.15) is 5.26 Å². The molecule has 6 heteroatoms. The van der Waals surface area contributed by atoms with Crippen molar-refractivity contribution in [3.63, 3.8) is 0 Å². The van der Waals surface area contributed by atoms with Crippen LogP contribution in [-0.2, 0) is 0 Å². The average molecular weight is 273 g/mol. The van der Waals surface area contributed by atoms with Crippen LogP contribution in [0.15, 0.2) is 12.1 Å². The highest BCUT2D eigenvalue weighted by Crippen LogP contribution is 2.39. The van der Waals surface area contributed by atoms with E-state index in [0.717, 1.165) is 5.56 Å². The van der Waals surface area contributed by atoms with Crippen LogP contribution in [0.2, 0.25) is 0 Å². The Balaban J connectivity index is 0.00000289. The Kier molecular flexibility index (Phi) is 6.94. The molecule has 5 nitrogen and oxygen atoms in total. The van der Waals surface area contributed by atoms with Crippen molar-refractivity contribution in [2.24, 2.45) is 5.73 Å². The van der Waals surface area contributed by atoms with Crippen molar-refractivity contribution >= 4 is 12.4 Å². The molecule has 0 saturated carbocycles. The number of ether oxygens (including phenoxy) is 3. The monoisotopic (exact) mass is 272 g/mol. The van der Waals surface area contributed by atoms with Crippen LogP contribution in [0, 0.1) is 11.3 Å².